The molecule has 4 rings (SSSR count). The van der Waals surface area contributed by atoms with Crippen LogP contribution in [0.15, 0.2) is 54.3 Å². The molecule has 0 saturated carbocycles. The molecule has 0 bridgehead atoms. The van der Waals surface area contributed by atoms with Crippen molar-refractivity contribution in [2.24, 2.45) is 0 Å². The van der Waals surface area contributed by atoms with Gasteiger partial charge in [-0.2, -0.15) is 0 Å². The normalized spacial score (nSPS) is 18.8. The third kappa shape index (κ3) is 4.44. The molecule has 0 radical (unpaired) electrons. The highest BCUT2D eigenvalue weighted by molar-refractivity contribution is 7.09. The van der Waals surface area contributed by atoms with Gasteiger partial charge in [0, 0.05) is 74.5 Å². The Hall–Kier alpha value is -2.06. The lowest BCUT2D eigenvalue weighted by Gasteiger charge is -2.41. The van der Waals surface area contributed by atoms with Gasteiger partial charge in [-0.25, -0.2) is 9.97 Å². The summed E-state index contributed by atoms with van der Waals surface area (Å²) in [5.41, 5.74) is 1.19. The van der Waals surface area contributed by atoms with Gasteiger partial charge in [-0.15, -0.1) is 11.3 Å². The van der Waals surface area contributed by atoms with Gasteiger partial charge in [-0.1, -0.05) is 6.07 Å². The maximum absolute atomic E-state index is 9.53. The van der Waals surface area contributed by atoms with E-state index in [-0.39, 0.29) is 6.61 Å². The second-order valence-electron chi connectivity index (χ2n) is 6.87. The molecule has 1 aliphatic heterocycles. The zero-order chi connectivity index (χ0) is 18.5. The highest BCUT2D eigenvalue weighted by atomic mass is 32.1. The maximum atomic E-state index is 9.53. The van der Waals surface area contributed by atoms with Crippen LogP contribution in [0.2, 0.25) is 0 Å². The van der Waals surface area contributed by atoms with E-state index in [0.717, 1.165) is 39.1 Å². The molecule has 6 nitrogen and oxygen atoms in total. The monoisotopic (exact) mass is 383 g/mol. The predicted molar refractivity (Wildman–Crippen MR) is 107 cm³/mol. The van der Waals surface area contributed by atoms with Gasteiger partial charge in [0.1, 0.15) is 0 Å². The summed E-state index contributed by atoms with van der Waals surface area (Å²) in [6.45, 7) is 5.07. The average molecular weight is 384 g/mol. The van der Waals surface area contributed by atoms with E-state index >= 15 is 0 Å². The molecule has 142 valence electrons. The minimum absolute atomic E-state index is 0.230. The van der Waals surface area contributed by atoms with Gasteiger partial charge < -0.3 is 5.11 Å². The van der Waals surface area contributed by atoms with Crippen molar-refractivity contribution in [1.29, 1.82) is 0 Å². The second kappa shape index (κ2) is 8.75. The number of aliphatic hydroxyl groups excluding tert-OH is 1. The summed E-state index contributed by atoms with van der Waals surface area (Å²) in [4.78, 5) is 15.1. The molecule has 1 fully saturated rings. The number of hydrogen-bond acceptors (Lipinski definition) is 6. The third-order valence-electron chi connectivity index (χ3n) is 5.08. The van der Waals surface area contributed by atoms with Crippen molar-refractivity contribution in [2.75, 3.05) is 26.2 Å². The molecule has 4 heterocycles. The number of piperazine rings is 1. The van der Waals surface area contributed by atoms with Crippen LogP contribution in [-0.2, 0) is 13.1 Å². The number of rotatable bonds is 7. The SMILES string of the molecule is OCC[C@@H]1CN(Cc2cccn2-c2ncccn2)CCN1Cc1cccs1. The van der Waals surface area contributed by atoms with E-state index in [1.807, 2.05) is 18.3 Å². The van der Waals surface area contributed by atoms with Gasteiger partial charge >= 0.3 is 0 Å². The molecular weight excluding hydrogens is 358 g/mol. The predicted octanol–water partition coefficient (Wildman–Crippen LogP) is 2.40. The smallest absolute Gasteiger partial charge is 0.233 e. The van der Waals surface area contributed by atoms with E-state index in [9.17, 15) is 5.11 Å². The fraction of sp³-hybridized carbons (Fsp3) is 0.400. The second-order valence-corrected chi connectivity index (χ2v) is 7.90. The van der Waals surface area contributed by atoms with Crippen molar-refractivity contribution in [3.63, 3.8) is 0 Å². The van der Waals surface area contributed by atoms with Crippen LogP contribution in [0, 0.1) is 0 Å². The lowest BCUT2D eigenvalue weighted by Crippen LogP contribution is -2.52. The van der Waals surface area contributed by atoms with E-state index in [2.05, 4.69) is 47.9 Å². The van der Waals surface area contributed by atoms with Crippen molar-refractivity contribution >= 4 is 11.3 Å². The first-order valence-electron chi connectivity index (χ1n) is 9.37. The van der Waals surface area contributed by atoms with Crippen LogP contribution in [0.4, 0.5) is 0 Å². The Kier molecular flexibility index (Phi) is 5.94. The molecule has 27 heavy (non-hydrogen) atoms. The first-order valence-corrected chi connectivity index (χ1v) is 10.2. The zero-order valence-corrected chi connectivity index (χ0v) is 16.1. The van der Waals surface area contributed by atoms with Gasteiger partial charge in [-0.05, 0) is 36.1 Å². The quantitative estimate of drug-likeness (QED) is 0.679. The largest absolute Gasteiger partial charge is 0.396 e. The lowest BCUT2D eigenvalue weighted by molar-refractivity contribution is 0.0498. The van der Waals surface area contributed by atoms with Crippen LogP contribution in [0.1, 0.15) is 17.0 Å². The van der Waals surface area contributed by atoms with E-state index in [1.165, 1.54) is 10.6 Å². The lowest BCUT2D eigenvalue weighted by atomic mass is 10.1. The Balaban J connectivity index is 1.43. The zero-order valence-electron chi connectivity index (χ0n) is 15.3. The number of aliphatic hydroxyl groups is 1. The van der Waals surface area contributed by atoms with Crippen LogP contribution in [-0.4, -0.2) is 61.7 Å². The summed E-state index contributed by atoms with van der Waals surface area (Å²) < 4.78 is 2.05. The Bertz CT molecular complexity index is 820. The molecule has 0 aromatic carbocycles. The van der Waals surface area contributed by atoms with E-state index in [4.69, 9.17) is 0 Å². The van der Waals surface area contributed by atoms with Gasteiger partial charge in [-0.3, -0.25) is 14.4 Å². The summed E-state index contributed by atoms with van der Waals surface area (Å²) in [5.74, 6) is 0.709. The first-order chi connectivity index (χ1) is 13.3. The highest BCUT2D eigenvalue weighted by Gasteiger charge is 2.27. The van der Waals surface area contributed by atoms with Gasteiger partial charge in [0.05, 0.1) is 0 Å². The minimum atomic E-state index is 0.230. The Morgan fingerprint density at radius 3 is 2.74 bits per heavy atom. The molecule has 1 atom stereocenters. The molecular formula is C20H25N5OS. The van der Waals surface area contributed by atoms with Crippen LogP contribution >= 0.6 is 11.3 Å². The van der Waals surface area contributed by atoms with Crippen molar-refractivity contribution in [3.05, 3.63) is 64.9 Å². The molecule has 0 spiro atoms. The standard InChI is InChI=1S/C20H25N5OS/c26-12-6-17-14-23(10-11-24(17)16-19-5-2-13-27-19)15-18-4-1-9-25(18)20-21-7-3-8-22-20/h1-5,7-9,13,17,26H,6,10-12,14-16H2/t17-/m1/s1. The molecule has 3 aromatic heterocycles. The molecule has 0 amide bonds. The first kappa shape index (κ1) is 18.3. The van der Waals surface area contributed by atoms with Gasteiger partial charge in [0.15, 0.2) is 0 Å². The van der Waals surface area contributed by atoms with Crippen LogP contribution in [0.5, 0.6) is 0 Å². The van der Waals surface area contributed by atoms with E-state index in [1.54, 1.807) is 23.7 Å². The number of hydrogen-bond donors (Lipinski definition) is 1. The average Bonchev–Trinajstić information content (AvgIpc) is 3.37. The van der Waals surface area contributed by atoms with Crippen molar-refractivity contribution < 1.29 is 5.11 Å². The fourth-order valence-corrected chi connectivity index (χ4v) is 4.45. The van der Waals surface area contributed by atoms with E-state index in [0.29, 0.717) is 12.0 Å². The van der Waals surface area contributed by atoms with Crippen molar-refractivity contribution in [2.45, 2.75) is 25.6 Å². The molecule has 0 aliphatic carbocycles. The molecule has 0 unspecified atom stereocenters. The van der Waals surface area contributed by atoms with Crippen LogP contribution < -0.4 is 0 Å². The number of thiophene rings is 1. The Morgan fingerprint density at radius 2 is 1.96 bits per heavy atom. The third-order valence-corrected chi connectivity index (χ3v) is 5.94. The number of nitrogens with zero attached hydrogens (tertiary/aromatic N) is 5. The highest BCUT2D eigenvalue weighted by Crippen LogP contribution is 2.21. The fourth-order valence-electron chi connectivity index (χ4n) is 3.72. The van der Waals surface area contributed by atoms with Gasteiger partial charge in [0.2, 0.25) is 5.95 Å². The molecule has 1 saturated heterocycles. The summed E-state index contributed by atoms with van der Waals surface area (Å²) in [5, 5.41) is 11.7. The molecule has 3 aromatic rings. The molecule has 7 heteroatoms. The number of aromatic nitrogens is 3. The summed E-state index contributed by atoms with van der Waals surface area (Å²) in [6.07, 6.45) is 6.37. The van der Waals surface area contributed by atoms with Gasteiger partial charge in [0.25, 0.3) is 0 Å². The molecule has 1 N–H and O–H groups in total. The van der Waals surface area contributed by atoms with Crippen LogP contribution in [0.3, 0.4) is 0 Å². The topological polar surface area (TPSA) is 57.4 Å². The van der Waals surface area contributed by atoms with Crippen molar-refractivity contribution in [1.82, 2.24) is 24.3 Å². The Labute approximate surface area is 163 Å². The van der Waals surface area contributed by atoms with E-state index < -0.39 is 0 Å². The summed E-state index contributed by atoms with van der Waals surface area (Å²) in [6, 6.07) is 10.7. The van der Waals surface area contributed by atoms with Crippen LogP contribution in [0.25, 0.3) is 5.95 Å². The van der Waals surface area contributed by atoms with Crippen molar-refractivity contribution in [3.8, 4) is 5.95 Å². The minimum Gasteiger partial charge on any atom is -0.396 e. The summed E-state index contributed by atoms with van der Waals surface area (Å²) >= 11 is 1.81. The summed E-state index contributed by atoms with van der Waals surface area (Å²) in [7, 11) is 0. The maximum Gasteiger partial charge on any atom is 0.233 e. The molecule has 1 aliphatic rings. The Morgan fingerprint density at radius 1 is 1.07 bits per heavy atom.